The van der Waals surface area contributed by atoms with Crippen LogP contribution in [0, 0.1) is 0 Å². The van der Waals surface area contributed by atoms with E-state index in [-0.39, 0.29) is 24.3 Å². The number of fused-ring (bicyclic) bond motifs is 2. The highest BCUT2D eigenvalue weighted by Crippen LogP contribution is 2.36. The lowest BCUT2D eigenvalue weighted by Crippen LogP contribution is -2.52. The molecule has 194 valence electrons. The molecule has 9 nitrogen and oxygen atoms in total. The molecule has 2 aromatic heterocycles. The van der Waals surface area contributed by atoms with E-state index >= 15 is 0 Å². The molecule has 9 heteroatoms. The van der Waals surface area contributed by atoms with Crippen molar-refractivity contribution in [2.24, 2.45) is 0 Å². The molecule has 3 aromatic rings. The number of piperidine rings is 1. The maximum atomic E-state index is 13.2. The molecule has 1 aliphatic carbocycles. The first kappa shape index (κ1) is 23.3. The fourth-order valence-corrected chi connectivity index (χ4v) is 5.81. The third-order valence-corrected chi connectivity index (χ3v) is 7.96. The molecular weight excluding hydrogens is 482 g/mol. The minimum absolute atomic E-state index is 0.174. The fourth-order valence-electron chi connectivity index (χ4n) is 5.81. The Balaban J connectivity index is 1.25. The van der Waals surface area contributed by atoms with Crippen LogP contribution in [0.5, 0.6) is 5.75 Å². The Morgan fingerprint density at radius 1 is 1.00 bits per heavy atom. The molecule has 1 aromatic carbocycles. The first-order chi connectivity index (χ1) is 18.5. The second-order valence-electron chi connectivity index (χ2n) is 10.7. The molecule has 5 heterocycles. The number of carbonyl (C=O) groups excluding carboxylic acids is 3. The van der Waals surface area contributed by atoms with Crippen LogP contribution in [0.1, 0.15) is 60.0 Å². The van der Waals surface area contributed by atoms with E-state index in [2.05, 4.69) is 16.3 Å². The van der Waals surface area contributed by atoms with Crippen LogP contribution in [-0.2, 0) is 22.7 Å². The Labute approximate surface area is 220 Å². The molecule has 7 rings (SSSR count). The molecule has 2 saturated heterocycles. The van der Waals surface area contributed by atoms with Crippen molar-refractivity contribution < 1.29 is 19.1 Å². The van der Waals surface area contributed by atoms with Crippen LogP contribution in [0.15, 0.2) is 36.5 Å². The topological polar surface area (TPSA) is 105 Å². The van der Waals surface area contributed by atoms with Crippen molar-refractivity contribution in [1.82, 2.24) is 25.1 Å². The zero-order valence-corrected chi connectivity index (χ0v) is 21.1. The number of pyridine rings is 2. The number of nitrogens with zero attached hydrogens (tertiary/aromatic N) is 4. The maximum absolute atomic E-state index is 13.2. The number of hydrogen-bond donors (Lipinski definition) is 1. The lowest BCUT2D eigenvalue weighted by molar-refractivity contribution is -0.136. The molecule has 3 aliphatic heterocycles. The van der Waals surface area contributed by atoms with Gasteiger partial charge in [-0.15, -0.1) is 0 Å². The summed E-state index contributed by atoms with van der Waals surface area (Å²) in [6.45, 7) is 3.29. The zero-order chi connectivity index (χ0) is 25.8. The van der Waals surface area contributed by atoms with Crippen molar-refractivity contribution in [3.8, 4) is 17.0 Å². The van der Waals surface area contributed by atoms with Crippen LogP contribution in [0.4, 0.5) is 0 Å². The average Bonchev–Trinajstić information content (AvgIpc) is 3.47. The van der Waals surface area contributed by atoms with Gasteiger partial charge in [-0.1, -0.05) is 6.07 Å². The lowest BCUT2D eigenvalue weighted by atomic mass is 10.0. The summed E-state index contributed by atoms with van der Waals surface area (Å²) in [4.78, 5) is 51.0. The Morgan fingerprint density at radius 3 is 2.63 bits per heavy atom. The van der Waals surface area contributed by atoms with Gasteiger partial charge in [-0.2, -0.15) is 0 Å². The van der Waals surface area contributed by atoms with E-state index in [0.29, 0.717) is 18.5 Å². The molecule has 1 atom stereocenters. The number of benzene rings is 1. The van der Waals surface area contributed by atoms with Crippen LogP contribution in [-0.4, -0.2) is 62.7 Å². The predicted molar refractivity (Wildman–Crippen MR) is 139 cm³/mol. The number of rotatable bonds is 6. The summed E-state index contributed by atoms with van der Waals surface area (Å²) < 4.78 is 6.21. The summed E-state index contributed by atoms with van der Waals surface area (Å²) >= 11 is 0. The van der Waals surface area contributed by atoms with E-state index < -0.39 is 11.9 Å². The normalized spacial score (nSPS) is 21.7. The van der Waals surface area contributed by atoms with Crippen LogP contribution < -0.4 is 10.1 Å². The Hall–Kier alpha value is -3.85. The standard InChI is InChI=1S/C29H29N5O4/c35-25-8-7-23(28(36)32-25)34-16-18-13-17(3-6-21(18)29(34)37)22-14-19(15-33-11-1-2-12-33)26-27(31-22)24(9-10-30-26)38-20-4-5-20/h3,6,9-10,13-14,20,23H,1-2,4-5,7-8,11-12,15-16H2,(H,32,35,36). The molecule has 1 N–H and O–H groups in total. The molecule has 3 amide bonds. The molecule has 38 heavy (non-hydrogen) atoms. The van der Waals surface area contributed by atoms with Crippen LogP contribution >= 0.6 is 0 Å². The summed E-state index contributed by atoms with van der Waals surface area (Å²) in [5.74, 6) is -0.0978. The molecule has 0 bridgehead atoms. The van der Waals surface area contributed by atoms with Gasteiger partial charge in [0.1, 0.15) is 17.3 Å². The highest BCUT2D eigenvalue weighted by atomic mass is 16.5. The minimum Gasteiger partial charge on any atom is -0.488 e. The van der Waals surface area contributed by atoms with Gasteiger partial charge in [-0.05, 0) is 74.5 Å². The maximum Gasteiger partial charge on any atom is 0.255 e. The number of hydrogen-bond acceptors (Lipinski definition) is 7. The second-order valence-corrected chi connectivity index (χ2v) is 10.7. The second kappa shape index (κ2) is 9.16. The number of nitrogens with one attached hydrogen (secondary N) is 1. The van der Waals surface area contributed by atoms with Crippen LogP contribution in [0.25, 0.3) is 22.3 Å². The number of carbonyl (C=O) groups is 3. The van der Waals surface area contributed by atoms with Gasteiger partial charge in [0.2, 0.25) is 11.8 Å². The SMILES string of the molecule is O=C1CCC(N2Cc3cc(-c4cc(CN5CCCC5)c5nccc(OC6CC6)c5n4)ccc3C2=O)C(=O)N1. The van der Waals surface area contributed by atoms with Crippen LogP contribution in [0.2, 0.25) is 0 Å². The molecular formula is C29H29N5O4. The van der Waals surface area contributed by atoms with Crippen molar-refractivity contribution in [3.05, 3.63) is 53.2 Å². The summed E-state index contributed by atoms with van der Waals surface area (Å²) in [5, 5.41) is 2.36. The Bertz CT molecular complexity index is 1480. The fraction of sp³-hybridized carbons (Fsp3) is 0.414. The van der Waals surface area contributed by atoms with Gasteiger partial charge in [-0.25, -0.2) is 4.98 Å². The highest BCUT2D eigenvalue weighted by molar-refractivity contribution is 6.05. The smallest absolute Gasteiger partial charge is 0.255 e. The van der Waals surface area contributed by atoms with E-state index in [0.717, 1.165) is 71.6 Å². The minimum atomic E-state index is -0.630. The van der Waals surface area contributed by atoms with Gasteiger partial charge in [0.15, 0.2) is 0 Å². The first-order valence-electron chi connectivity index (χ1n) is 13.5. The zero-order valence-electron chi connectivity index (χ0n) is 21.1. The van der Waals surface area contributed by atoms with Crippen LogP contribution in [0.3, 0.4) is 0 Å². The summed E-state index contributed by atoms with van der Waals surface area (Å²) in [5.41, 5.74) is 5.95. The van der Waals surface area contributed by atoms with Crippen molar-refractivity contribution >= 4 is 28.8 Å². The van der Waals surface area contributed by atoms with E-state index in [1.807, 2.05) is 24.3 Å². The van der Waals surface area contributed by atoms with E-state index in [1.165, 1.54) is 12.8 Å². The third-order valence-electron chi connectivity index (χ3n) is 7.96. The van der Waals surface area contributed by atoms with Gasteiger partial charge >= 0.3 is 0 Å². The number of ether oxygens (including phenoxy) is 1. The van der Waals surface area contributed by atoms with Gasteiger partial charge in [0.25, 0.3) is 5.91 Å². The summed E-state index contributed by atoms with van der Waals surface area (Å²) in [6, 6.07) is 9.15. The average molecular weight is 512 g/mol. The van der Waals surface area contributed by atoms with Gasteiger partial charge < -0.3 is 9.64 Å². The number of aromatic nitrogens is 2. The van der Waals surface area contributed by atoms with E-state index in [1.54, 1.807) is 11.1 Å². The van der Waals surface area contributed by atoms with Crippen molar-refractivity contribution in [1.29, 1.82) is 0 Å². The van der Waals surface area contributed by atoms with Crippen molar-refractivity contribution in [2.45, 2.75) is 63.8 Å². The molecule has 1 unspecified atom stereocenters. The molecule has 1 saturated carbocycles. The van der Waals surface area contributed by atoms with Gasteiger partial charge in [0.05, 0.1) is 17.3 Å². The number of imide groups is 1. The Morgan fingerprint density at radius 2 is 1.84 bits per heavy atom. The highest BCUT2D eigenvalue weighted by Gasteiger charge is 2.39. The number of amides is 3. The number of likely N-dealkylation sites (tertiary alicyclic amines) is 1. The third kappa shape index (κ3) is 4.20. The summed E-state index contributed by atoms with van der Waals surface area (Å²) in [6.07, 6.45) is 7.18. The quantitative estimate of drug-likeness (QED) is 0.507. The van der Waals surface area contributed by atoms with Gasteiger partial charge in [-0.3, -0.25) is 29.6 Å². The molecule has 4 aliphatic rings. The predicted octanol–water partition coefficient (Wildman–Crippen LogP) is 3.19. The van der Waals surface area contributed by atoms with Gasteiger partial charge in [0, 0.05) is 42.9 Å². The van der Waals surface area contributed by atoms with Crippen molar-refractivity contribution in [3.63, 3.8) is 0 Å². The summed E-state index contributed by atoms with van der Waals surface area (Å²) in [7, 11) is 0. The Kier molecular flexibility index (Phi) is 5.61. The molecule has 0 radical (unpaired) electrons. The largest absolute Gasteiger partial charge is 0.488 e. The van der Waals surface area contributed by atoms with E-state index in [4.69, 9.17) is 14.7 Å². The monoisotopic (exact) mass is 511 g/mol. The van der Waals surface area contributed by atoms with Crippen molar-refractivity contribution in [2.75, 3.05) is 13.1 Å². The van der Waals surface area contributed by atoms with E-state index in [9.17, 15) is 14.4 Å². The molecule has 3 fully saturated rings. The first-order valence-corrected chi connectivity index (χ1v) is 13.5. The molecule has 0 spiro atoms. The lowest BCUT2D eigenvalue weighted by Gasteiger charge is -2.29.